The fourth-order valence-corrected chi connectivity index (χ4v) is 3.76. The molecule has 0 aliphatic carbocycles. The standard InChI is InChI=1S/C19H20Cl3N3O/c1-13(19(26)23-17-7-6-14(20)12-16(17)22)24-8-10-25(11-9-24)18-5-3-2-4-15(18)21/h2-7,12-13H,8-11H2,1H3,(H,23,26)/t13-/m1/s1. The molecule has 1 saturated heterocycles. The average Bonchev–Trinajstić information content (AvgIpc) is 2.64. The van der Waals surface area contributed by atoms with Crippen LogP contribution in [0.3, 0.4) is 0 Å². The molecular formula is C19H20Cl3N3O. The van der Waals surface area contributed by atoms with Crippen molar-refractivity contribution in [3.05, 3.63) is 57.5 Å². The molecule has 2 aromatic carbocycles. The van der Waals surface area contributed by atoms with Gasteiger partial charge in [-0.05, 0) is 37.3 Å². The van der Waals surface area contributed by atoms with Gasteiger partial charge >= 0.3 is 0 Å². The average molecular weight is 413 g/mol. The lowest BCUT2D eigenvalue weighted by atomic mass is 10.2. The zero-order valence-corrected chi connectivity index (χ0v) is 16.7. The third kappa shape index (κ3) is 4.44. The summed E-state index contributed by atoms with van der Waals surface area (Å²) in [5.41, 5.74) is 1.61. The fourth-order valence-electron chi connectivity index (χ4n) is 3.05. The molecule has 3 rings (SSSR count). The smallest absolute Gasteiger partial charge is 0.241 e. The van der Waals surface area contributed by atoms with Crippen molar-refractivity contribution in [1.82, 2.24) is 4.90 Å². The summed E-state index contributed by atoms with van der Waals surface area (Å²) >= 11 is 18.3. The van der Waals surface area contributed by atoms with Gasteiger partial charge in [0.1, 0.15) is 0 Å². The highest BCUT2D eigenvalue weighted by molar-refractivity contribution is 6.36. The first kappa shape index (κ1) is 19.3. The summed E-state index contributed by atoms with van der Waals surface area (Å²) in [7, 11) is 0. The van der Waals surface area contributed by atoms with E-state index in [9.17, 15) is 4.79 Å². The quantitative estimate of drug-likeness (QED) is 0.784. The minimum absolute atomic E-state index is 0.0829. The van der Waals surface area contributed by atoms with E-state index in [1.165, 1.54) is 0 Å². The van der Waals surface area contributed by atoms with Crippen LogP contribution >= 0.6 is 34.8 Å². The Labute approximate surface area is 168 Å². The van der Waals surface area contributed by atoms with Gasteiger partial charge in [-0.3, -0.25) is 9.69 Å². The highest BCUT2D eigenvalue weighted by Gasteiger charge is 2.26. The summed E-state index contributed by atoms with van der Waals surface area (Å²) in [5.74, 6) is -0.0829. The van der Waals surface area contributed by atoms with E-state index in [0.717, 1.165) is 36.9 Å². The van der Waals surface area contributed by atoms with Gasteiger partial charge in [0.15, 0.2) is 0 Å². The molecule has 1 aliphatic rings. The molecule has 1 N–H and O–H groups in total. The van der Waals surface area contributed by atoms with E-state index in [4.69, 9.17) is 34.8 Å². The topological polar surface area (TPSA) is 35.6 Å². The van der Waals surface area contributed by atoms with Gasteiger partial charge in [0.2, 0.25) is 5.91 Å². The van der Waals surface area contributed by atoms with E-state index in [1.54, 1.807) is 18.2 Å². The molecule has 1 amide bonds. The molecule has 0 bridgehead atoms. The Hall–Kier alpha value is -1.46. The van der Waals surface area contributed by atoms with Crippen LogP contribution < -0.4 is 10.2 Å². The Morgan fingerprint density at radius 2 is 1.69 bits per heavy atom. The molecule has 26 heavy (non-hydrogen) atoms. The highest BCUT2D eigenvalue weighted by Crippen LogP contribution is 2.27. The van der Waals surface area contributed by atoms with Crippen LogP contribution in [0, 0.1) is 0 Å². The van der Waals surface area contributed by atoms with Gasteiger partial charge in [0.25, 0.3) is 0 Å². The molecule has 4 nitrogen and oxygen atoms in total. The van der Waals surface area contributed by atoms with Crippen LogP contribution in [0.1, 0.15) is 6.92 Å². The second-order valence-corrected chi connectivity index (χ2v) is 7.51. The molecule has 0 aromatic heterocycles. The Kier molecular flexibility index (Phi) is 6.30. The number of rotatable bonds is 4. The number of benzene rings is 2. The zero-order valence-electron chi connectivity index (χ0n) is 14.4. The number of hydrogen-bond donors (Lipinski definition) is 1. The van der Waals surface area contributed by atoms with Crippen LogP contribution in [-0.2, 0) is 4.79 Å². The minimum Gasteiger partial charge on any atom is -0.368 e. The fraction of sp³-hybridized carbons (Fsp3) is 0.316. The highest BCUT2D eigenvalue weighted by atomic mass is 35.5. The van der Waals surface area contributed by atoms with Gasteiger partial charge < -0.3 is 10.2 Å². The van der Waals surface area contributed by atoms with Crippen LogP contribution in [0.4, 0.5) is 11.4 Å². The zero-order chi connectivity index (χ0) is 18.7. The summed E-state index contributed by atoms with van der Waals surface area (Å²) in [5, 5.41) is 4.61. The number of hydrogen-bond acceptors (Lipinski definition) is 3. The molecule has 1 atom stereocenters. The molecule has 2 aromatic rings. The van der Waals surface area contributed by atoms with Gasteiger partial charge in [0.05, 0.1) is 27.5 Å². The molecule has 0 radical (unpaired) electrons. The summed E-state index contributed by atoms with van der Waals surface area (Å²) < 4.78 is 0. The van der Waals surface area contributed by atoms with Crippen LogP contribution in [0.15, 0.2) is 42.5 Å². The Morgan fingerprint density at radius 3 is 2.35 bits per heavy atom. The number of carbonyl (C=O) groups is 1. The van der Waals surface area contributed by atoms with Crippen molar-refractivity contribution >= 4 is 52.1 Å². The summed E-state index contributed by atoms with van der Waals surface area (Å²) in [6, 6.07) is 12.6. The van der Waals surface area contributed by atoms with Gasteiger partial charge in [0, 0.05) is 31.2 Å². The maximum absolute atomic E-state index is 12.6. The number of para-hydroxylation sites is 1. The molecule has 1 fully saturated rings. The Balaban J connectivity index is 1.58. The van der Waals surface area contributed by atoms with E-state index in [1.807, 2.05) is 31.2 Å². The third-order valence-electron chi connectivity index (χ3n) is 4.62. The van der Waals surface area contributed by atoms with Crippen molar-refractivity contribution in [1.29, 1.82) is 0 Å². The number of halogens is 3. The Morgan fingerprint density at radius 1 is 1.00 bits per heavy atom. The van der Waals surface area contributed by atoms with Crippen LogP contribution in [0.5, 0.6) is 0 Å². The second-order valence-electron chi connectivity index (χ2n) is 6.26. The van der Waals surface area contributed by atoms with Gasteiger partial charge in [-0.15, -0.1) is 0 Å². The van der Waals surface area contributed by atoms with E-state index in [2.05, 4.69) is 15.1 Å². The molecule has 138 valence electrons. The van der Waals surface area contributed by atoms with Crippen molar-refractivity contribution in [3.8, 4) is 0 Å². The van der Waals surface area contributed by atoms with Gasteiger partial charge in [-0.1, -0.05) is 46.9 Å². The van der Waals surface area contributed by atoms with Crippen molar-refractivity contribution in [2.75, 3.05) is 36.4 Å². The van der Waals surface area contributed by atoms with Crippen molar-refractivity contribution in [2.24, 2.45) is 0 Å². The first-order valence-corrected chi connectivity index (χ1v) is 9.58. The maximum atomic E-state index is 12.6. The molecule has 0 unspecified atom stereocenters. The third-order valence-corrected chi connectivity index (χ3v) is 5.49. The van der Waals surface area contributed by atoms with Gasteiger partial charge in [-0.2, -0.15) is 0 Å². The lowest BCUT2D eigenvalue weighted by Gasteiger charge is -2.38. The summed E-state index contributed by atoms with van der Waals surface area (Å²) in [6.45, 7) is 5.12. The molecule has 0 spiro atoms. The number of piperazine rings is 1. The van der Waals surface area contributed by atoms with E-state index in [0.29, 0.717) is 15.7 Å². The molecule has 1 aliphatic heterocycles. The monoisotopic (exact) mass is 411 g/mol. The minimum atomic E-state index is -0.254. The van der Waals surface area contributed by atoms with E-state index in [-0.39, 0.29) is 11.9 Å². The van der Waals surface area contributed by atoms with E-state index >= 15 is 0 Å². The normalized spacial score (nSPS) is 16.4. The van der Waals surface area contributed by atoms with Crippen molar-refractivity contribution in [2.45, 2.75) is 13.0 Å². The number of anilines is 2. The number of nitrogens with one attached hydrogen (secondary N) is 1. The maximum Gasteiger partial charge on any atom is 0.241 e. The predicted octanol–water partition coefficient (Wildman–Crippen LogP) is 4.80. The number of nitrogens with zero attached hydrogens (tertiary/aromatic N) is 2. The lowest BCUT2D eigenvalue weighted by molar-refractivity contribution is -0.120. The Bertz CT molecular complexity index is 791. The SMILES string of the molecule is C[C@H](C(=O)Nc1ccc(Cl)cc1Cl)N1CCN(c2ccccc2Cl)CC1. The van der Waals surface area contributed by atoms with E-state index < -0.39 is 0 Å². The largest absolute Gasteiger partial charge is 0.368 e. The molecule has 0 saturated carbocycles. The summed E-state index contributed by atoms with van der Waals surface area (Å²) in [6.07, 6.45) is 0. The first-order valence-electron chi connectivity index (χ1n) is 8.45. The number of carbonyl (C=O) groups excluding carboxylic acids is 1. The second kappa shape index (κ2) is 8.49. The molecule has 7 heteroatoms. The van der Waals surface area contributed by atoms with Crippen LogP contribution in [0.2, 0.25) is 15.1 Å². The number of amides is 1. The molecular weight excluding hydrogens is 393 g/mol. The first-order chi connectivity index (χ1) is 12.5. The lowest BCUT2D eigenvalue weighted by Crippen LogP contribution is -2.52. The van der Waals surface area contributed by atoms with Crippen LogP contribution in [0.25, 0.3) is 0 Å². The van der Waals surface area contributed by atoms with Crippen molar-refractivity contribution in [3.63, 3.8) is 0 Å². The van der Waals surface area contributed by atoms with Crippen LogP contribution in [-0.4, -0.2) is 43.0 Å². The summed E-state index contributed by atoms with van der Waals surface area (Å²) in [4.78, 5) is 17.0. The molecule has 1 heterocycles. The predicted molar refractivity (Wildman–Crippen MR) is 110 cm³/mol. The van der Waals surface area contributed by atoms with Gasteiger partial charge in [-0.25, -0.2) is 0 Å². The van der Waals surface area contributed by atoms with Crippen molar-refractivity contribution < 1.29 is 4.79 Å².